The lowest BCUT2D eigenvalue weighted by atomic mass is 9.68. The third-order valence-corrected chi connectivity index (χ3v) is 7.71. The maximum absolute atomic E-state index is 13.5. The highest BCUT2D eigenvalue weighted by Crippen LogP contribution is 2.47. The second kappa shape index (κ2) is 7.53. The van der Waals surface area contributed by atoms with E-state index < -0.39 is 0 Å². The second-order valence-corrected chi connectivity index (χ2v) is 9.76. The van der Waals surface area contributed by atoms with Gasteiger partial charge in [-0.2, -0.15) is 0 Å². The third kappa shape index (κ3) is 3.58. The maximum Gasteiger partial charge on any atom is 0.227 e. The minimum Gasteiger partial charge on any atom is -0.342 e. The molecular formula is C24H32N2O2. The molecule has 1 aromatic carbocycles. The zero-order chi connectivity index (χ0) is 19.1. The fourth-order valence-electron chi connectivity index (χ4n) is 6.58. The number of carbonyl (C=O) groups is 2. The molecule has 3 atom stereocenters. The molecule has 3 saturated heterocycles. The summed E-state index contributed by atoms with van der Waals surface area (Å²) in [6, 6.07) is 10.4. The maximum atomic E-state index is 13.5. The molecule has 0 aromatic heterocycles. The van der Waals surface area contributed by atoms with Gasteiger partial charge in [-0.1, -0.05) is 30.3 Å². The quantitative estimate of drug-likeness (QED) is 0.805. The summed E-state index contributed by atoms with van der Waals surface area (Å²) in [6.07, 6.45) is 8.86. The van der Waals surface area contributed by atoms with Crippen molar-refractivity contribution in [3.63, 3.8) is 0 Å². The van der Waals surface area contributed by atoms with Crippen molar-refractivity contribution in [2.75, 3.05) is 19.6 Å². The first-order chi connectivity index (χ1) is 13.7. The minimum absolute atomic E-state index is 0.00384. The number of carbonyl (C=O) groups excluding carboxylic acids is 2. The van der Waals surface area contributed by atoms with Crippen molar-refractivity contribution in [1.82, 2.24) is 9.80 Å². The second-order valence-electron chi connectivity index (χ2n) is 9.76. The van der Waals surface area contributed by atoms with Crippen LogP contribution in [-0.4, -0.2) is 47.3 Å². The first-order valence-corrected chi connectivity index (χ1v) is 11.3. The molecule has 3 unspecified atom stereocenters. The standard InChI is InChI=1S/C24H32N2O2/c27-23(14-17-5-2-1-3-6-17)25-8-4-7-21(16-25)24(28)26-15-20-10-18-9-19(11-20)13-22(26)12-18/h1-3,5-6,18-22H,4,7-16H2. The molecule has 4 heteroatoms. The molecule has 5 fully saturated rings. The smallest absolute Gasteiger partial charge is 0.227 e. The van der Waals surface area contributed by atoms with Crippen LogP contribution in [0.5, 0.6) is 0 Å². The van der Waals surface area contributed by atoms with Crippen LogP contribution < -0.4 is 0 Å². The molecular weight excluding hydrogens is 348 g/mol. The first kappa shape index (κ1) is 18.2. The van der Waals surface area contributed by atoms with Crippen LogP contribution in [0.15, 0.2) is 30.3 Å². The third-order valence-electron chi connectivity index (χ3n) is 7.71. The number of likely N-dealkylation sites (tertiary alicyclic amines) is 1. The molecule has 3 heterocycles. The van der Waals surface area contributed by atoms with E-state index in [2.05, 4.69) is 4.90 Å². The SMILES string of the molecule is O=C(Cc1ccccc1)N1CCCC(C(=O)N2CC3CC4CC(C3)CC2C4)C1. The van der Waals surface area contributed by atoms with E-state index in [4.69, 9.17) is 0 Å². The van der Waals surface area contributed by atoms with E-state index in [1.54, 1.807) is 0 Å². The van der Waals surface area contributed by atoms with Crippen LogP contribution >= 0.6 is 0 Å². The van der Waals surface area contributed by atoms with Crippen molar-refractivity contribution in [2.24, 2.45) is 23.7 Å². The fourth-order valence-corrected chi connectivity index (χ4v) is 6.58. The highest BCUT2D eigenvalue weighted by Gasteiger charge is 2.45. The Labute approximate surface area is 168 Å². The van der Waals surface area contributed by atoms with Gasteiger partial charge in [-0.15, -0.1) is 0 Å². The van der Waals surface area contributed by atoms with Crippen molar-refractivity contribution in [3.05, 3.63) is 35.9 Å². The van der Waals surface area contributed by atoms with E-state index in [9.17, 15) is 9.59 Å². The monoisotopic (exact) mass is 380 g/mol. The van der Waals surface area contributed by atoms with Crippen molar-refractivity contribution in [2.45, 2.75) is 57.4 Å². The number of piperidine rings is 1. The number of hydrogen-bond acceptors (Lipinski definition) is 2. The number of fused-ring (bicyclic) bond motifs is 1. The molecule has 1 aromatic rings. The summed E-state index contributed by atoms with van der Waals surface area (Å²) in [4.78, 5) is 30.5. The van der Waals surface area contributed by atoms with Gasteiger partial charge in [0.15, 0.2) is 0 Å². The highest BCUT2D eigenvalue weighted by molar-refractivity contribution is 5.82. The van der Waals surface area contributed by atoms with Crippen molar-refractivity contribution < 1.29 is 9.59 Å². The van der Waals surface area contributed by atoms with E-state index in [-0.39, 0.29) is 11.8 Å². The Hall–Kier alpha value is -1.84. The van der Waals surface area contributed by atoms with Gasteiger partial charge in [0, 0.05) is 25.7 Å². The van der Waals surface area contributed by atoms with E-state index in [1.165, 1.54) is 32.1 Å². The van der Waals surface area contributed by atoms with Gasteiger partial charge in [-0.25, -0.2) is 0 Å². The molecule has 0 N–H and O–H groups in total. The van der Waals surface area contributed by atoms with Crippen LogP contribution in [0, 0.1) is 23.7 Å². The van der Waals surface area contributed by atoms with Crippen molar-refractivity contribution in [3.8, 4) is 0 Å². The van der Waals surface area contributed by atoms with Gasteiger partial charge in [0.05, 0.1) is 12.3 Å². The fraction of sp³-hybridized carbons (Fsp3) is 0.667. The van der Waals surface area contributed by atoms with Gasteiger partial charge in [0.25, 0.3) is 0 Å². The minimum atomic E-state index is 0.00384. The Morgan fingerprint density at radius 1 is 0.893 bits per heavy atom. The zero-order valence-electron chi connectivity index (χ0n) is 16.8. The van der Waals surface area contributed by atoms with E-state index in [0.717, 1.165) is 49.2 Å². The molecule has 2 aliphatic carbocycles. The average Bonchev–Trinajstić information content (AvgIpc) is 2.91. The predicted molar refractivity (Wildman–Crippen MR) is 109 cm³/mol. The Bertz CT molecular complexity index is 719. The van der Waals surface area contributed by atoms with Gasteiger partial charge in [-0.05, 0) is 68.3 Å². The molecule has 4 bridgehead atoms. The topological polar surface area (TPSA) is 40.6 Å². The largest absolute Gasteiger partial charge is 0.342 e. The molecule has 2 amide bonds. The van der Waals surface area contributed by atoms with Gasteiger partial charge in [0.2, 0.25) is 11.8 Å². The number of benzene rings is 1. The predicted octanol–water partition coefficient (Wildman–Crippen LogP) is 3.50. The van der Waals surface area contributed by atoms with Crippen LogP contribution in [0.1, 0.15) is 50.5 Å². The molecule has 4 nitrogen and oxygen atoms in total. The highest BCUT2D eigenvalue weighted by atomic mass is 16.2. The number of rotatable bonds is 3. The Morgan fingerprint density at radius 2 is 1.61 bits per heavy atom. The molecule has 2 saturated carbocycles. The van der Waals surface area contributed by atoms with Crippen LogP contribution in [0.4, 0.5) is 0 Å². The van der Waals surface area contributed by atoms with E-state index >= 15 is 0 Å². The zero-order valence-corrected chi connectivity index (χ0v) is 16.8. The van der Waals surface area contributed by atoms with E-state index in [0.29, 0.717) is 24.9 Å². The molecule has 3 aliphatic heterocycles. The summed E-state index contributed by atoms with van der Waals surface area (Å²) in [5.74, 6) is 2.95. The number of hydrogen-bond donors (Lipinski definition) is 0. The van der Waals surface area contributed by atoms with E-state index in [1.807, 2.05) is 35.2 Å². The molecule has 0 spiro atoms. The average molecular weight is 381 g/mol. The summed E-state index contributed by atoms with van der Waals surface area (Å²) >= 11 is 0. The number of nitrogens with zero attached hydrogens (tertiary/aromatic N) is 2. The summed E-state index contributed by atoms with van der Waals surface area (Å²) in [5, 5.41) is 0. The number of amides is 2. The van der Waals surface area contributed by atoms with Crippen LogP contribution in [0.25, 0.3) is 0 Å². The van der Waals surface area contributed by atoms with Gasteiger partial charge in [0.1, 0.15) is 0 Å². The summed E-state index contributed by atoms with van der Waals surface area (Å²) in [5.41, 5.74) is 1.06. The van der Waals surface area contributed by atoms with Crippen LogP contribution in [-0.2, 0) is 16.0 Å². The lowest BCUT2D eigenvalue weighted by Gasteiger charge is -2.40. The Morgan fingerprint density at radius 3 is 2.36 bits per heavy atom. The molecule has 6 rings (SSSR count). The van der Waals surface area contributed by atoms with Gasteiger partial charge < -0.3 is 9.80 Å². The van der Waals surface area contributed by atoms with Crippen LogP contribution in [0.2, 0.25) is 0 Å². The Kier molecular flexibility index (Phi) is 4.90. The molecule has 0 radical (unpaired) electrons. The van der Waals surface area contributed by atoms with Gasteiger partial charge >= 0.3 is 0 Å². The molecule has 28 heavy (non-hydrogen) atoms. The van der Waals surface area contributed by atoms with Gasteiger partial charge in [-0.3, -0.25) is 9.59 Å². The summed E-state index contributed by atoms with van der Waals surface area (Å²) in [6.45, 7) is 2.39. The molecule has 5 aliphatic rings. The molecule has 150 valence electrons. The van der Waals surface area contributed by atoms with Crippen molar-refractivity contribution >= 4 is 11.8 Å². The summed E-state index contributed by atoms with van der Waals surface area (Å²) < 4.78 is 0. The lowest BCUT2D eigenvalue weighted by molar-refractivity contribution is -0.142. The summed E-state index contributed by atoms with van der Waals surface area (Å²) in [7, 11) is 0. The lowest BCUT2D eigenvalue weighted by Crippen LogP contribution is -2.50. The Balaban J connectivity index is 1.25. The van der Waals surface area contributed by atoms with Crippen molar-refractivity contribution in [1.29, 1.82) is 0 Å². The first-order valence-electron chi connectivity index (χ1n) is 11.3. The van der Waals surface area contributed by atoms with Crippen LogP contribution in [0.3, 0.4) is 0 Å². The normalized spacial score (nSPS) is 34.4.